The van der Waals surface area contributed by atoms with Crippen LogP contribution in [0.3, 0.4) is 0 Å². The van der Waals surface area contributed by atoms with E-state index in [-0.39, 0.29) is 30.0 Å². The van der Waals surface area contributed by atoms with E-state index in [2.05, 4.69) is 6.92 Å². The van der Waals surface area contributed by atoms with Gasteiger partial charge in [0.2, 0.25) is 11.8 Å². The van der Waals surface area contributed by atoms with Crippen molar-refractivity contribution < 1.29 is 14.0 Å². The van der Waals surface area contributed by atoms with E-state index in [0.717, 1.165) is 12.1 Å². The van der Waals surface area contributed by atoms with Crippen LogP contribution in [0.2, 0.25) is 0 Å². The number of hydrogen-bond acceptors (Lipinski definition) is 3. The van der Waals surface area contributed by atoms with Crippen molar-refractivity contribution in [2.45, 2.75) is 19.8 Å². The molecule has 2 aromatic carbocycles. The molecule has 0 aliphatic carbocycles. The Kier molecular flexibility index (Phi) is 5.51. The van der Waals surface area contributed by atoms with E-state index in [4.69, 9.17) is 0 Å². The highest BCUT2D eigenvalue weighted by molar-refractivity contribution is 6.00. The molecule has 0 spiro atoms. The zero-order valence-corrected chi connectivity index (χ0v) is 16.7. The van der Waals surface area contributed by atoms with Crippen molar-refractivity contribution in [3.8, 4) is 0 Å². The number of aryl methyl sites for hydroxylation is 1. The monoisotopic (exact) mass is 395 g/mol. The molecule has 0 aromatic heterocycles. The van der Waals surface area contributed by atoms with E-state index in [0.29, 0.717) is 38.4 Å². The molecule has 2 fully saturated rings. The van der Waals surface area contributed by atoms with E-state index in [1.165, 1.54) is 11.6 Å². The van der Waals surface area contributed by atoms with Crippen LogP contribution in [0.5, 0.6) is 0 Å². The minimum Gasteiger partial charge on any atom is -0.366 e. The first-order valence-electron chi connectivity index (χ1n) is 10.2. The molecular weight excluding hydrogens is 369 g/mol. The number of halogens is 1. The first-order valence-corrected chi connectivity index (χ1v) is 10.2. The summed E-state index contributed by atoms with van der Waals surface area (Å²) in [6.45, 7) is 4.80. The van der Waals surface area contributed by atoms with E-state index < -0.39 is 0 Å². The van der Waals surface area contributed by atoms with Crippen LogP contribution in [-0.4, -0.2) is 49.4 Å². The topological polar surface area (TPSA) is 43.9 Å². The van der Waals surface area contributed by atoms with Crippen molar-refractivity contribution in [3.05, 3.63) is 59.9 Å². The lowest BCUT2D eigenvalue weighted by Crippen LogP contribution is -2.51. The summed E-state index contributed by atoms with van der Waals surface area (Å²) in [5.74, 6) is -0.524. The Bertz CT molecular complexity index is 891. The van der Waals surface area contributed by atoms with Crippen LogP contribution in [0.4, 0.5) is 15.8 Å². The van der Waals surface area contributed by atoms with Gasteiger partial charge in [-0.1, -0.05) is 31.2 Å². The number of hydrogen-bond donors (Lipinski definition) is 0. The van der Waals surface area contributed by atoms with Crippen LogP contribution < -0.4 is 9.80 Å². The molecule has 5 nitrogen and oxygen atoms in total. The summed E-state index contributed by atoms with van der Waals surface area (Å²) < 4.78 is 14.0. The lowest BCUT2D eigenvalue weighted by atomic mass is 10.1. The number of nitrogens with zero attached hydrogens (tertiary/aromatic N) is 3. The van der Waals surface area contributed by atoms with Gasteiger partial charge < -0.3 is 14.7 Å². The maximum atomic E-state index is 14.0. The lowest BCUT2D eigenvalue weighted by molar-refractivity contribution is -0.136. The summed E-state index contributed by atoms with van der Waals surface area (Å²) >= 11 is 0. The molecule has 0 N–H and O–H groups in total. The molecule has 1 atom stereocenters. The number of amides is 2. The Morgan fingerprint density at radius 3 is 2.38 bits per heavy atom. The van der Waals surface area contributed by atoms with Crippen molar-refractivity contribution >= 4 is 23.2 Å². The maximum absolute atomic E-state index is 14.0. The van der Waals surface area contributed by atoms with E-state index in [9.17, 15) is 14.0 Å². The number of anilines is 2. The third-order valence-electron chi connectivity index (χ3n) is 5.92. The Morgan fingerprint density at radius 1 is 1.03 bits per heavy atom. The number of carbonyl (C=O) groups is 2. The number of para-hydroxylation sites is 1. The van der Waals surface area contributed by atoms with Crippen molar-refractivity contribution in [2.75, 3.05) is 42.5 Å². The van der Waals surface area contributed by atoms with Crippen LogP contribution in [0.15, 0.2) is 48.5 Å². The van der Waals surface area contributed by atoms with E-state index in [1.807, 2.05) is 40.1 Å². The van der Waals surface area contributed by atoms with Gasteiger partial charge in [0.25, 0.3) is 0 Å². The fourth-order valence-electron chi connectivity index (χ4n) is 4.17. The van der Waals surface area contributed by atoms with Gasteiger partial charge in [0.1, 0.15) is 5.82 Å². The van der Waals surface area contributed by atoms with Gasteiger partial charge in [0.05, 0.1) is 11.6 Å². The summed E-state index contributed by atoms with van der Waals surface area (Å²) in [6.07, 6.45) is 1.20. The predicted molar refractivity (Wildman–Crippen MR) is 111 cm³/mol. The molecule has 0 bridgehead atoms. The second-order valence-electron chi connectivity index (χ2n) is 7.69. The molecule has 2 saturated heterocycles. The molecule has 1 unspecified atom stereocenters. The third kappa shape index (κ3) is 3.97. The second-order valence-corrected chi connectivity index (χ2v) is 7.69. The van der Waals surface area contributed by atoms with Gasteiger partial charge in [-0.2, -0.15) is 0 Å². The highest BCUT2D eigenvalue weighted by Gasteiger charge is 2.38. The molecule has 2 amide bonds. The zero-order chi connectivity index (χ0) is 20.4. The number of piperazine rings is 1. The summed E-state index contributed by atoms with van der Waals surface area (Å²) in [4.78, 5) is 31.0. The Labute approximate surface area is 170 Å². The van der Waals surface area contributed by atoms with Gasteiger partial charge >= 0.3 is 0 Å². The number of benzene rings is 2. The molecule has 152 valence electrons. The van der Waals surface area contributed by atoms with Crippen molar-refractivity contribution in [1.82, 2.24) is 4.90 Å². The predicted octanol–water partition coefficient (Wildman–Crippen LogP) is 3.09. The molecule has 0 radical (unpaired) electrons. The van der Waals surface area contributed by atoms with Crippen LogP contribution in [-0.2, 0) is 16.0 Å². The van der Waals surface area contributed by atoms with E-state index >= 15 is 0 Å². The third-order valence-corrected chi connectivity index (χ3v) is 5.92. The first-order chi connectivity index (χ1) is 14.1. The fourth-order valence-corrected chi connectivity index (χ4v) is 4.17. The Morgan fingerprint density at radius 2 is 1.72 bits per heavy atom. The van der Waals surface area contributed by atoms with Crippen molar-refractivity contribution in [2.24, 2.45) is 5.92 Å². The van der Waals surface area contributed by atoms with Crippen LogP contribution in [0.1, 0.15) is 18.9 Å². The molecular formula is C23H26FN3O2. The first kappa shape index (κ1) is 19.4. The highest BCUT2D eigenvalue weighted by atomic mass is 19.1. The summed E-state index contributed by atoms with van der Waals surface area (Å²) in [6, 6.07) is 14.7. The molecule has 2 heterocycles. The standard InChI is InChI=1S/C23H26FN3O2/c1-2-17-7-9-19(10-8-17)27-16-18(15-22(27)28)23(29)26-13-11-25(12-14-26)21-6-4-3-5-20(21)24/h3-10,18H,2,11-16H2,1H3. The van der Waals surface area contributed by atoms with E-state index in [1.54, 1.807) is 17.0 Å². The average molecular weight is 395 g/mol. The summed E-state index contributed by atoms with van der Waals surface area (Å²) in [5, 5.41) is 0. The fraction of sp³-hybridized carbons (Fsp3) is 0.391. The zero-order valence-electron chi connectivity index (χ0n) is 16.7. The van der Waals surface area contributed by atoms with Crippen LogP contribution in [0.25, 0.3) is 0 Å². The summed E-state index contributed by atoms with van der Waals surface area (Å²) in [7, 11) is 0. The average Bonchev–Trinajstić information content (AvgIpc) is 3.15. The minimum absolute atomic E-state index is 0.00223. The summed E-state index contributed by atoms with van der Waals surface area (Å²) in [5.41, 5.74) is 2.66. The van der Waals surface area contributed by atoms with Crippen LogP contribution >= 0.6 is 0 Å². The van der Waals surface area contributed by atoms with Gasteiger partial charge in [0.15, 0.2) is 0 Å². The Hall–Kier alpha value is -2.89. The van der Waals surface area contributed by atoms with Gasteiger partial charge in [0, 0.05) is 44.8 Å². The highest BCUT2D eigenvalue weighted by Crippen LogP contribution is 2.28. The largest absolute Gasteiger partial charge is 0.366 e. The lowest BCUT2D eigenvalue weighted by Gasteiger charge is -2.37. The SMILES string of the molecule is CCc1ccc(N2CC(C(=O)N3CCN(c4ccccc4F)CC3)CC2=O)cc1. The van der Waals surface area contributed by atoms with Crippen molar-refractivity contribution in [1.29, 1.82) is 0 Å². The quantitative estimate of drug-likeness (QED) is 0.799. The van der Waals surface area contributed by atoms with Gasteiger partial charge in [-0.15, -0.1) is 0 Å². The minimum atomic E-state index is -0.312. The van der Waals surface area contributed by atoms with Crippen molar-refractivity contribution in [3.63, 3.8) is 0 Å². The molecule has 2 aromatic rings. The van der Waals surface area contributed by atoms with Crippen LogP contribution in [0, 0.1) is 11.7 Å². The second kappa shape index (κ2) is 8.23. The number of carbonyl (C=O) groups excluding carboxylic acids is 2. The van der Waals surface area contributed by atoms with Gasteiger partial charge in [-0.3, -0.25) is 9.59 Å². The number of rotatable bonds is 4. The molecule has 2 aliphatic heterocycles. The molecule has 2 aliphatic rings. The Balaban J connectivity index is 1.37. The molecule has 0 saturated carbocycles. The van der Waals surface area contributed by atoms with Gasteiger partial charge in [-0.05, 0) is 36.2 Å². The molecule has 4 rings (SSSR count). The molecule has 29 heavy (non-hydrogen) atoms. The normalized spacial score (nSPS) is 19.7. The molecule has 6 heteroatoms. The smallest absolute Gasteiger partial charge is 0.228 e. The maximum Gasteiger partial charge on any atom is 0.228 e. The van der Waals surface area contributed by atoms with Gasteiger partial charge in [-0.25, -0.2) is 4.39 Å².